The molecular formula is C13H15BN2. The van der Waals surface area contributed by atoms with Crippen LogP contribution in [0.1, 0.15) is 0 Å². The van der Waals surface area contributed by atoms with Crippen LogP contribution in [0.2, 0.25) is 6.82 Å². The first-order valence-electron chi connectivity index (χ1n) is 5.50. The summed E-state index contributed by atoms with van der Waals surface area (Å²) in [6.07, 6.45) is 0. The normalized spacial score (nSPS) is 9.81. The van der Waals surface area contributed by atoms with Crippen LogP contribution in [0, 0.1) is 0 Å². The molecule has 0 saturated carbocycles. The van der Waals surface area contributed by atoms with Crippen molar-refractivity contribution in [3.63, 3.8) is 0 Å². The van der Waals surface area contributed by atoms with Crippen molar-refractivity contribution in [1.82, 2.24) is 0 Å². The zero-order valence-corrected chi connectivity index (χ0v) is 9.40. The predicted octanol–water partition coefficient (Wildman–Crippen LogP) is 2.12. The van der Waals surface area contributed by atoms with E-state index >= 15 is 0 Å². The third-order valence-corrected chi connectivity index (χ3v) is 2.58. The Labute approximate surface area is 96.7 Å². The molecule has 2 aromatic carbocycles. The molecule has 0 radical (unpaired) electrons. The molecule has 0 saturated heterocycles. The molecule has 0 aliphatic carbocycles. The number of hydrogen-bond acceptors (Lipinski definition) is 2. The molecule has 0 aliphatic rings. The van der Waals surface area contributed by atoms with Crippen LogP contribution >= 0.6 is 0 Å². The van der Waals surface area contributed by atoms with Crippen molar-refractivity contribution in [2.24, 2.45) is 0 Å². The van der Waals surface area contributed by atoms with Gasteiger partial charge >= 0.3 is 0 Å². The molecule has 2 rings (SSSR count). The SMILES string of the molecule is CBc1ccc(N)c(Nc2ccccc2)c1. The number of anilines is 3. The van der Waals surface area contributed by atoms with Crippen LogP contribution in [0.4, 0.5) is 17.1 Å². The molecule has 0 atom stereocenters. The quantitative estimate of drug-likeness (QED) is 0.601. The molecule has 2 nitrogen and oxygen atoms in total. The van der Waals surface area contributed by atoms with Gasteiger partial charge in [-0.15, -0.1) is 0 Å². The second-order valence-electron chi connectivity index (χ2n) is 3.77. The lowest BCUT2D eigenvalue weighted by molar-refractivity contribution is 1.56. The van der Waals surface area contributed by atoms with Gasteiger partial charge in [-0.3, -0.25) is 0 Å². The van der Waals surface area contributed by atoms with Gasteiger partial charge in [0.2, 0.25) is 0 Å². The topological polar surface area (TPSA) is 38.0 Å². The highest BCUT2D eigenvalue weighted by atomic mass is 14.9. The highest BCUT2D eigenvalue weighted by molar-refractivity contribution is 6.52. The second kappa shape index (κ2) is 4.75. The van der Waals surface area contributed by atoms with E-state index in [2.05, 4.69) is 24.3 Å². The first kappa shape index (κ1) is 10.6. The molecule has 2 aromatic rings. The average molecular weight is 210 g/mol. The molecule has 0 aliphatic heterocycles. The van der Waals surface area contributed by atoms with Crippen molar-refractivity contribution in [3.8, 4) is 0 Å². The Bertz CT molecular complexity index is 469. The highest BCUT2D eigenvalue weighted by Crippen LogP contribution is 2.21. The fourth-order valence-corrected chi connectivity index (χ4v) is 1.61. The Morgan fingerprint density at radius 2 is 1.81 bits per heavy atom. The van der Waals surface area contributed by atoms with Crippen molar-refractivity contribution in [3.05, 3.63) is 48.5 Å². The van der Waals surface area contributed by atoms with E-state index in [1.807, 2.05) is 36.4 Å². The van der Waals surface area contributed by atoms with Gasteiger partial charge in [-0.05, 0) is 24.3 Å². The lowest BCUT2D eigenvalue weighted by Crippen LogP contribution is -2.11. The van der Waals surface area contributed by atoms with Crippen LogP contribution in [0.25, 0.3) is 0 Å². The standard InChI is InChI=1S/C13H15BN2/c1-14-10-7-8-12(15)13(9-10)16-11-5-3-2-4-6-11/h2-9,14,16H,15H2,1H3. The molecule has 0 bridgehead atoms. The van der Waals surface area contributed by atoms with E-state index in [0.29, 0.717) is 0 Å². The van der Waals surface area contributed by atoms with Crippen molar-refractivity contribution in [1.29, 1.82) is 0 Å². The summed E-state index contributed by atoms with van der Waals surface area (Å²) in [6.45, 7) is 2.14. The molecule has 0 fully saturated rings. The van der Waals surface area contributed by atoms with Gasteiger partial charge in [0, 0.05) is 5.69 Å². The Kier molecular flexibility index (Phi) is 3.15. The Morgan fingerprint density at radius 1 is 1.06 bits per heavy atom. The van der Waals surface area contributed by atoms with Crippen LogP contribution in [-0.4, -0.2) is 7.28 Å². The number of hydrogen-bond donors (Lipinski definition) is 2. The van der Waals surface area contributed by atoms with E-state index in [9.17, 15) is 0 Å². The van der Waals surface area contributed by atoms with Gasteiger partial charge in [0.15, 0.2) is 7.28 Å². The number of nitrogen functional groups attached to an aromatic ring is 1. The fraction of sp³-hybridized carbons (Fsp3) is 0.0769. The monoisotopic (exact) mass is 210 g/mol. The van der Waals surface area contributed by atoms with Gasteiger partial charge in [-0.25, -0.2) is 0 Å². The summed E-state index contributed by atoms with van der Waals surface area (Å²) in [4.78, 5) is 0. The van der Waals surface area contributed by atoms with Crippen LogP contribution in [0.5, 0.6) is 0 Å². The smallest absolute Gasteiger partial charge is 0.154 e. The van der Waals surface area contributed by atoms with Gasteiger partial charge in [-0.2, -0.15) is 0 Å². The number of para-hydroxylation sites is 1. The molecule has 0 unspecified atom stereocenters. The Morgan fingerprint density at radius 3 is 2.50 bits per heavy atom. The van der Waals surface area contributed by atoms with Crippen LogP contribution < -0.4 is 16.5 Å². The van der Waals surface area contributed by atoms with Gasteiger partial charge in [0.25, 0.3) is 0 Å². The zero-order chi connectivity index (χ0) is 11.4. The van der Waals surface area contributed by atoms with Crippen molar-refractivity contribution >= 4 is 29.8 Å². The van der Waals surface area contributed by atoms with E-state index in [-0.39, 0.29) is 0 Å². The summed E-state index contributed by atoms with van der Waals surface area (Å²) in [5.41, 5.74) is 10.0. The number of nitrogens with two attached hydrogens (primary N) is 1. The summed E-state index contributed by atoms with van der Waals surface area (Å²) in [5.74, 6) is 0. The first-order chi connectivity index (χ1) is 7.79. The third-order valence-electron chi connectivity index (χ3n) is 2.58. The molecule has 0 spiro atoms. The summed E-state index contributed by atoms with van der Waals surface area (Å²) >= 11 is 0. The number of nitrogens with one attached hydrogen (secondary N) is 1. The molecule has 3 N–H and O–H groups in total. The highest BCUT2D eigenvalue weighted by Gasteiger charge is 2.00. The van der Waals surface area contributed by atoms with E-state index in [1.165, 1.54) is 5.46 Å². The maximum atomic E-state index is 5.93. The summed E-state index contributed by atoms with van der Waals surface area (Å²) in [7, 11) is 1.02. The maximum absolute atomic E-state index is 5.93. The zero-order valence-electron chi connectivity index (χ0n) is 9.40. The van der Waals surface area contributed by atoms with Gasteiger partial charge in [0.05, 0.1) is 11.4 Å². The molecule has 0 aromatic heterocycles. The van der Waals surface area contributed by atoms with Crippen molar-refractivity contribution < 1.29 is 0 Å². The summed E-state index contributed by atoms with van der Waals surface area (Å²) in [5, 5.41) is 3.32. The minimum absolute atomic E-state index is 0.779. The van der Waals surface area contributed by atoms with Gasteiger partial charge in [0.1, 0.15) is 0 Å². The largest absolute Gasteiger partial charge is 0.397 e. The summed E-state index contributed by atoms with van der Waals surface area (Å²) in [6, 6.07) is 16.2. The van der Waals surface area contributed by atoms with E-state index in [1.54, 1.807) is 0 Å². The maximum Gasteiger partial charge on any atom is 0.154 e. The molecule has 3 heteroatoms. The molecule has 0 amide bonds. The number of rotatable bonds is 3. The van der Waals surface area contributed by atoms with Crippen molar-refractivity contribution in [2.45, 2.75) is 6.82 Å². The predicted molar refractivity (Wildman–Crippen MR) is 73.2 cm³/mol. The second-order valence-corrected chi connectivity index (χ2v) is 3.77. The van der Waals surface area contributed by atoms with Gasteiger partial charge in [-0.1, -0.05) is 36.6 Å². The fourth-order valence-electron chi connectivity index (χ4n) is 1.61. The van der Waals surface area contributed by atoms with Gasteiger partial charge < -0.3 is 11.1 Å². The lowest BCUT2D eigenvalue weighted by Gasteiger charge is -2.10. The van der Waals surface area contributed by atoms with Crippen LogP contribution in [0.15, 0.2) is 48.5 Å². The average Bonchev–Trinajstić information content (AvgIpc) is 2.33. The lowest BCUT2D eigenvalue weighted by atomic mass is 9.73. The molecule has 16 heavy (non-hydrogen) atoms. The van der Waals surface area contributed by atoms with Crippen molar-refractivity contribution in [2.75, 3.05) is 11.1 Å². The van der Waals surface area contributed by atoms with Crippen LogP contribution in [0.3, 0.4) is 0 Å². The molecule has 0 heterocycles. The Hall–Kier alpha value is -1.90. The minimum Gasteiger partial charge on any atom is -0.397 e. The Balaban J connectivity index is 2.27. The van der Waals surface area contributed by atoms with E-state index < -0.39 is 0 Å². The van der Waals surface area contributed by atoms with E-state index in [0.717, 1.165) is 24.3 Å². The van der Waals surface area contributed by atoms with Crippen LogP contribution in [-0.2, 0) is 0 Å². The molecular weight excluding hydrogens is 195 g/mol. The molecule has 80 valence electrons. The third kappa shape index (κ3) is 2.37. The number of benzene rings is 2. The first-order valence-corrected chi connectivity index (χ1v) is 5.50. The minimum atomic E-state index is 0.779. The van der Waals surface area contributed by atoms with E-state index in [4.69, 9.17) is 5.73 Å². The summed E-state index contributed by atoms with van der Waals surface area (Å²) < 4.78 is 0.